The van der Waals surface area contributed by atoms with Crippen LogP contribution in [0.3, 0.4) is 0 Å². The third-order valence-corrected chi connectivity index (χ3v) is 5.24. The summed E-state index contributed by atoms with van der Waals surface area (Å²) in [4.78, 5) is 2.10. The Hall–Kier alpha value is -2.45. The number of halogens is 1. The molecule has 0 unspecified atom stereocenters. The minimum absolute atomic E-state index is 0.853. The van der Waals surface area contributed by atoms with Gasteiger partial charge in [-0.15, -0.1) is 0 Å². The summed E-state index contributed by atoms with van der Waals surface area (Å²) in [6.07, 6.45) is 0.961. The standard InChI is InChI=1S/C22H21ClN2/c1-14-10-20-16(12-22(14)23)11-15-4-5-18(13-21(15)20)24-17-6-8-19(9-7-17)25(2)3/h4-10,12-13,24H,11H2,1-3H3. The Kier molecular flexibility index (Phi) is 3.93. The van der Waals surface area contributed by atoms with E-state index in [1.54, 1.807) is 0 Å². The molecule has 0 fully saturated rings. The Morgan fingerprint density at radius 3 is 2.24 bits per heavy atom. The van der Waals surface area contributed by atoms with Crippen molar-refractivity contribution in [2.45, 2.75) is 13.3 Å². The molecule has 1 aliphatic carbocycles. The molecule has 0 amide bonds. The second kappa shape index (κ2) is 6.12. The highest BCUT2D eigenvalue weighted by molar-refractivity contribution is 6.31. The van der Waals surface area contributed by atoms with E-state index in [-0.39, 0.29) is 0 Å². The van der Waals surface area contributed by atoms with Crippen LogP contribution >= 0.6 is 11.6 Å². The molecule has 2 nitrogen and oxygen atoms in total. The number of anilines is 3. The summed E-state index contributed by atoms with van der Waals surface area (Å²) in [5, 5.41) is 4.36. The molecule has 0 saturated carbocycles. The molecule has 126 valence electrons. The molecule has 0 atom stereocenters. The van der Waals surface area contributed by atoms with Crippen LogP contribution in [0.25, 0.3) is 11.1 Å². The minimum Gasteiger partial charge on any atom is -0.378 e. The van der Waals surface area contributed by atoms with E-state index in [9.17, 15) is 0 Å². The van der Waals surface area contributed by atoms with Crippen molar-refractivity contribution in [3.05, 3.63) is 76.3 Å². The number of hydrogen-bond donors (Lipinski definition) is 1. The van der Waals surface area contributed by atoms with Gasteiger partial charge in [0.25, 0.3) is 0 Å². The predicted octanol–water partition coefficient (Wildman–Crippen LogP) is 6.03. The van der Waals surface area contributed by atoms with Crippen molar-refractivity contribution in [1.82, 2.24) is 0 Å². The second-order valence-corrected chi connectivity index (χ2v) is 7.28. The summed E-state index contributed by atoms with van der Waals surface area (Å²) in [7, 11) is 4.10. The third kappa shape index (κ3) is 2.98. The highest BCUT2D eigenvalue weighted by Gasteiger charge is 2.20. The van der Waals surface area contributed by atoms with Gasteiger partial charge in [-0.1, -0.05) is 17.7 Å². The van der Waals surface area contributed by atoms with Crippen LogP contribution < -0.4 is 10.2 Å². The van der Waals surface area contributed by atoms with Gasteiger partial charge < -0.3 is 10.2 Å². The summed E-state index contributed by atoms with van der Waals surface area (Å²) < 4.78 is 0. The van der Waals surface area contributed by atoms with Crippen LogP contribution in [0, 0.1) is 6.92 Å². The van der Waals surface area contributed by atoms with E-state index in [1.807, 2.05) is 0 Å². The number of nitrogens with one attached hydrogen (secondary N) is 1. The zero-order valence-corrected chi connectivity index (χ0v) is 15.5. The molecule has 3 aromatic rings. The Balaban J connectivity index is 1.65. The van der Waals surface area contributed by atoms with Crippen LogP contribution in [0.5, 0.6) is 0 Å². The van der Waals surface area contributed by atoms with E-state index in [1.165, 1.54) is 27.9 Å². The fourth-order valence-corrected chi connectivity index (χ4v) is 3.58. The van der Waals surface area contributed by atoms with Crippen LogP contribution in [0.15, 0.2) is 54.6 Å². The Morgan fingerprint density at radius 1 is 0.840 bits per heavy atom. The lowest BCUT2D eigenvalue weighted by Gasteiger charge is -2.14. The summed E-state index contributed by atoms with van der Waals surface area (Å²) in [6, 6.07) is 19.4. The molecule has 0 aliphatic heterocycles. The maximum atomic E-state index is 6.29. The van der Waals surface area contributed by atoms with Crippen LogP contribution in [-0.4, -0.2) is 14.1 Å². The topological polar surface area (TPSA) is 15.3 Å². The molecule has 1 N–H and O–H groups in total. The number of benzene rings is 3. The van der Waals surface area contributed by atoms with E-state index >= 15 is 0 Å². The number of aryl methyl sites for hydroxylation is 1. The molecule has 25 heavy (non-hydrogen) atoms. The first-order chi connectivity index (χ1) is 12.0. The number of rotatable bonds is 3. The van der Waals surface area contributed by atoms with E-state index in [2.05, 4.69) is 85.8 Å². The summed E-state index contributed by atoms with van der Waals surface area (Å²) in [5.41, 5.74) is 9.83. The van der Waals surface area contributed by atoms with E-state index in [0.29, 0.717) is 0 Å². The quantitative estimate of drug-likeness (QED) is 0.486. The van der Waals surface area contributed by atoms with Crippen LogP contribution in [0.4, 0.5) is 17.1 Å². The largest absolute Gasteiger partial charge is 0.378 e. The van der Waals surface area contributed by atoms with Crippen molar-refractivity contribution in [1.29, 1.82) is 0 Å². The maximum absolute atomic E-state index is 6.29. The van der Waals surface area contributed by atoms with Crippen molar-refractivity contribution in [3.63, 3.8) is 0 Å². The molecular weight excluding hydrogens is 328 g/mol. The fourth-order valence-electron chi connectivity index (χ4n) is 3.39. The molecule has 0 radical (unpaired) electrons. The highest BCUT2D eigenvalue weighted by atomic mass is 35.5. The van der Waals surface area contributed by atoms with Crippen LogP contribution in [0.2, 0.25) is 5.02 Å². The first-order valence-electron chi connectivity index (χ1n) is 8.48. The molecule has 0 spiro atoms. The Bertz CT molecular complexity index is 943. The summed E-state index contributed by atoms with van der Waals surface area (Å²) in [6.45, 7) is 2.06. The lowest BCUT2D eigenvalue weighted by atomic mass is 10.0. The van der Waals surface area contributed by atoms with E-state index < -0.39 is 0 Å². The van der Waals surface area contributed by atoms with Crippen molar-refractivity contribution in [2.24, 2.45) is 0 Å². The van der Waals surface area contributed by atoms with E-state index in [4.69, 9.17) is 11.6 Å². The average molecular weight is 349 g/mol. The van der Waals surface area contributed by atoms with Gasteiger partial charge in [-0.3, -0.25) is 0 Å². The Labute approximate surface area is 154 Å². The normalized spacial score (nSPS) is 11.8. The molecule has 3 aromatic carbocycles. The van der Waals surface area contributed by atoms with Gasteiger partial charge in [0.15, 0.2) is 0 Å². The lowest BCUT2D eigenvalue weighted by Crippen LogP contribution is -2.08. The Morgan fingerprint density at radius 2 is 1.52 bits per heavy atom. The van der Waals surface area contributed by atoms with Gasteiger partial charge in [0.05, 0.1) is 0 Å². The van der Waals surface area contributed by atoms with Gasteiger partial charge in [0.1, 0.15) is 0 Å². The molecule has 3 heteroatoms. The van der Waals surface area contributed by atoms with Gasteiger partial charge in [0, 0.05) is 36.2 Å². The van der Waals surface area contributed by atoms with Crippen molar-refractivity contribution in [3.8, 4) is 11.1 Å². The van der Waals surface area contributed by atoms with Gasteiger partial charge in [0.2, 0.25) is 0 Å². The summed E-state index contributed by atoms with van der Waals surface area (Å²) in [5.74, 6) is 0. The van der Waals surface area contributed by atoms with Gasteiger partial charge in [-0.25, -0.2) is 0 Å². The molecule has 0 bridgehead atoms. The monoisotopic (exact) mass is 348 g/mol. The first-order valence-corrected chi connectivity index (χ1v) is 8.86. The third-order valence-electron chi connectivity index (χ3n) is 4.84. The number of fused-ring (bicyclic) bond motifs is 3. The van der Waals surface area contributed by atoms with Gasteiger partial charge in [-0.2, -0.15) is 0 Å². The second-order valence-electron chi connectivity index (χ2n) is 6.87. The fraction of sp³-hybridized carbons (Fsp3) is 0.182. The molecular formula is C22H21ClN2. The molecule has 4 rings (SSSR count). The van der Waals surface area contributed by atoms with E-state index in [0.717, 1.165) is 28.4 Å². The van der Waals surface area contributed by atoms with Crippen molar-refractivity contribution < 1.29 is 0 Å². The van der Waals surface area contributed by atoms with Crippen LogP contribution in [-0.2, 0) is 6.42 Å². The lowest BCUT2D eigenvalue weighted by molar-refractivity contribution is 1.13. The average Bonchev–Trinajstić information content (AvgIpc) is 2.93. The smallest absolute Gasteiger partial charge is 0.0438 e. The molecule has 0 aromatic heterocycles. The van der Waals surface area contributed by atoms with Crippen molar-refractivity contribution >= 4 is 28.7 Å². The molecule has 0 heterocycles. The SMILES string of the molecule is Cc1cc2c(cc1Cl)Cc1ccc(Nc3ccc(N(C)C)cc3)cc1-2. The zero-order valence-electron chi connectivity index (χ0n) is 14.7. The van der Waals surface area contributed by atoms with Crippen LogP contribution in [0.1, 0.15) is 16.7 Å². The van der Waals surface area contributed by atoms with Gasteiger partial charge in [-0.05, 0) is 89.7 Å². The highest BCUT2D eigenvalue weighted by Crippen LogP contribution is 2.40. The molecule has 1 aliphatic rings. The number of nitrogens with zero attached hydrogens (tertiary/aromatic N) is 1. The maximum Gasteiger partial charge on any atom is 0.0438 e. The first kappa shape index (κ1) is 16.0. The predicted molar refractivity (Wildman–Crippen MR) is 108 cm³/mol. The summed E-state index contributed by atoms with van der Waals surface area (Å²) >= 11 is 6.29. The van der Waals surface area contributed by atoms with Crippen molar-refractivity contribution in [2.75, 3.05) is 24.3 Å². The molecule has 0 saturated heterocycles. The minimum atomic E-state index is 0.853. The van der Waals surface area contributed by atoms with Gasteiger partial charge >= 0.3 is 0 Å². The zero-order chi connectivity index (χ0) is 17.6. The number of hydrogen-bond acceptors (Lipinski definition) is 2.